The van der Waals surface area contributed by atoms with Gasteiger partial charge in [-0.05, 0) is 110 Å². The highest BCUT2D eigenvalue weighted by Gasteiger charge is 2.44. The van der Waals surface area contributed by atoms with E-state index in [2.05, 4.69) is 42.4 Å². The maximum Gasteiger partial charge on any atom is 0.322 e. The van der Waals surface area contributed by atoms with E-state index in [0.29, 0.717) is 38.3 Å². The van der Waals surface area contributed by atoms with Crippen LogP contribution in [0.1, 0.15) is 101 Å². The van der Waals surface area contributed by atoms with Crippen molar-refractivity contribution in [1.29, 1.82) is 5.26 Å². The molecule has 4 heterocycles. The van der Waals surface area contributed by atoms with Gasteiger partial charge >= 0.3 is 6.03 Å². The molecule has 0 radical (unpaired) electrons. The highest BCUT2D eigenvalue weighted by atomic mass is 32.1. The fourth-order valence-corrected chi connectivity index (χ4v) is 11.0. The second-order valence-electron chi connectivity index (χ2n) is 21.8. The Morgan fingerprint density at radius 3 is 2.17 bits per heavy atom. The molecular weight excluding hydrogens is 1030 g/mol. The predicted octanol–water partition coefficient (Wildman–Crippen LogP) is 8.79. The van der Waals surface area contributed by atoms with Crippen LogP contribution in [0.25, 0.3) is 21.6 Å². The molecule has 1 aliphatic heterocycles. The number of thiazole rings is 1. The number of nitrogens with zero attached hydrogens (tertiary/aromatic N) is 7. The van der Waals surface area contributed by atoms with Crippen molar-refractivity contribution in [3.8, 4) is 27.6 Å². The molecule has 19 heteroatoms. The average Bonchev–Trinajstić information content (AvgIpc) is 4.25. The molecule has 2 fully saturated rings. The molecule has 8 rings (SSSR count). The zero-order valence-corrected chi connectivity index (χ0v) is 47.1. The Morgan fingerprint density at radius 2 is 1.50 bits per heavy atom. The van der Waals surface area contributed by atoms with Gasteiger partial charge in [0.15, 0.2) is 0 Å². The number of aryl methyl sites for hydroxylation is 2. The van der Waals surface area contributed by atoms with Crippen molar-refractivity contribution in [2.45, 2.75) is 135 Å². The van der Waals surface area contributed by atoms with Crippen LogP contribution < -0.4 is 26.2 Å². The molecule has 6 aromatic rings. The standard InChI is InChI=1S/C61H75N11O7S/c1-42-56(80-41-66-42)47-17-14-44(15-18-47)34-64-58(75)53-32-52(73)39-71(53)59(76)57(61(2,3)4)69-55(74)40-79-31-11-10-30-78-29-9-8-28-70-38-48(37-67-70)46-19-23-50(24-20-46)72(60(77)65-35-43-12-6-5-7-13-43)51-25-21-49(22-26-51)68-54-27-16-45(33-62)36-63-54/h5-7,12-20,23-24,27,36-38,41,49,51-53,57,73H,8-11,21-22,25-26,28-32,34-35,39-40H2,1-4H3,(H,63,68)(H,64,75)(H,65,77)(H,69,74)/t49-,51-,52-,53+,57-/m1/s1. The van der Waals surface area contributed by atoms with E-state index in [0.717, 1.165) is 101 Å². The highest BCUT2D eigenvalue weighted by Crippen LogP contribution is 2.32. The first-order valence-corrected chi connectivity index (χ1v) is 28.7. The first-order chi connectivity index (χ1) is 38.7. The van der Waals surface area contributed by atoms with E-state index in [9.17, 15) is 24.3 Å². The summed E-state index contributed by atoms with van der Waals surface area (Å²) in [4.78, 5) is 67.7. The monoisotopic (exact) mass is 1110 g/mol. The molecule has 0 spiro atoms. The summed E-state index contributed by atoms with van der Waals surface area (Å²) >= 11 is 1.58. The molecule has 5 N–H and O–H groups in total. The van der Waals surface area contributed by atoms with Crippen molar-refractivity contribution < 1.29 is 33.8 Å². The number of nitrogens with one attached hydrogen (secondary N) is 4. The number of unbranched alkanes of at least 4 members (excludes halogenated alkanes) is 2. The van der Waals surface area contributed by atoms with Gasteiger partial charge in [0, 0.05) is 88.1 Å². The minimum absolute atomic E-state index is 0.00571. The number of ether oxygens (including phenoxy) is 2. The van der Waals surface area contributed by atoms with Crippen LogP contribution in [0, 0.1) is 23.7 Å². The van der Waals surface area contributed by atoms with Gasteiger partial charge in [0.05, 0.1) is 33.9 Å². The molecule has 1 saturated carbocycles. The van der Waals surface area contributed by atoms with Crippen LogP contribution in [0.5, 0.6) is 0 Å². The van der Waals surface area contributed by atoms with Crippen molar-refractivity contribution in [2.75, 3.05) is 43.2 Å². The minimum atomic E-state index is -0.944. The van der Waals surface area contributed by atoms with Gasteiger partial charge in [0.1, 0.15) is 30.6 Å². The lowest BCUT2D eigenvalue weighted by molar-refractivity contribution is -0.144. The van der Waals surface area contributed by atoms with Crippen molar-refractivity contribution in [1.82, 2.24) is 40.6 Å². The molecule has 3 aromatic heterocycles. The van der Waals surface area contributed by atoms with Gasteiger partial charge in [-0.25, -0.2) is 14.8 Å². The van der Waals surface area contributed by atoms with E-state index in [4.69, 9.17) is 14.7 Å². The van der Waals surface area contributed by atoms with E-state index in [1.807, 2.05) is 140 Å². The van der Waals surface area contributed by atoms with Gasteiger partial charge < -0.3 is 40.7 Å². The van der Waals surface area contributed by atoms with Crippen LogP contribution in [0.2, 0.25) is 0 Å². The summed E-state index contributed by atoms with van der Waals surface area (Å²) < 4.78 is 13.5. The van der Waals surface area contributed by atoms with Crippen LogP contribution in [0.15, 0.2) is 115 Å². The number of hydrogen-bond donors (Lipinski definition) is 5. The number of rotatable bonds is 25. The number of β-amino-alcohol motifs (C(OH)–C–C–N with tert-alkyl or cyclic N) is 1. The second kappa shape index (κ2) is 28.6. The molecule has 0 unspecified atom stereocenters. The van der Waals surface area contributed by atoms with Crippen LogP contribution in [0.3, 0.4) is 0 Å². The largest absolute Gasteiger partial charge is 0.391 e. The quantitative estimate of drug-likeness (QED) is 0.0339. The molecule has 1 aliphatic carbocycles. The highest BCUT2D eigenvalue weighted by molar-refractivity contribution is 7.13. The van der Waals surface area contributed by atoms with E-state index >= 15 is 0 Å². The van der Waals surface area contributed by atoms with Gasteiger partial charge in [-0.1, -0.05) is 87.5 Å². The SMILES string of the molecule is Cc1ncsc1-c1ccc(CNC(=O)[C@@H]2C[C@@H](O)CN2C(=O)[C@@H](NC(=O)COCCCCOCCCCn2cc(-c3ccc(N(C(=O)NCc4ccccc4)[C@H]4CC[C@H](Nc5ccc(C#N)cn5)CC4)cc3)cn2)C(C)(C)C)cc1. The number of carbonyl (C=O) groups excluding carboxylic acids is 4. The Kier molecular flexibility index (Phi) is 21.0. The molecule has 1 saturated heterocycles. The number of aliphatic hydroxyl groups excluding tert-OH is 1. The fraction of sp³-hybridized carbons (Fsp3) is 0.443. The van der Waals surface area contributed by atoms with Gasteiger partial charge in [-0.3, -0.25) is 24.0 Å². The lowest BCUT2D eigenvalue weighted by Crippen LogP contribution is -2.58. The van der Waals surface area contributed by atoms with Gasteiger partial charge in [0.2, 0.25) is 17.7 Å². The fourth-order valence-electron chi connectivity index (χ4n) is 10.2. The van der Waals surface area contributed by atoms with Crippen molar-refractivity contribution in [2.24, 2.45) is 5.41 Å². The Hall–Kier alpha value is -7.50. The predicted molar refractivity (Wildman–Crippen MR) is 309 cm³/mol. The number of nitriles is 1. The van der Waals surface area contributed by atoms with Crippen LogP contribution in [-0.2, 0) is 43.5 Å². The van der Waals surface area contributed by atoms with Crippen LogP contribution >= 0.6 is 11.3 Å². The number of aliphatic hydroxyl groups is 1. The third-order valence-corrected chi connectivity index (χ3v) is 15.6. The Morgan fingerprint density at radius 1 is 0.812 bits per heavy atom. The van der Waals surface area contributed by atoms with E-state index in [1.165, 1.54) is 4.90 Å². The number of pyridine rings is 1. The molecule has 3 atom stereocenters. The number of urea groups is 1. The third-order valence-electron chi connectivity index (χ3n) is 14.6. The Balaban J connectivity index is 0.711. The first kappa shape index (κ1) is 58.6. The number of aromatic nitrogens is 4. The second-order valence-corrected chi connectivity index (χ2v) is 22.6. The summed E-state index contributed by atoms with van der Waals surface area (Å²) in [6.45, 7) is 10.3. The minimum Gasteiger partial charge on any atom is -0.391 e. The zero-order chi connectivity index (χ0) is 56.4. The van der Waals surface area contributed by atoms with E-state index < -0.39 is 35.4 Å². The summed E-state index contributed by atoms with van der Waals surface area (Å²) in [5, 5.41) is 36.8. The number of hydrogen-bond acceptors (Lipinski definition) is 13. The Labute approximate surface area is 473 Å². The summed E-state index contributed by atoms with van der Waals surface area (Å²) in [6, 6.07) is 29.9. The summed E-state index contributed by atoms with van der Waals surface area (Å²) in [5.41, 5.74) is 8.45. The van der Waals surface area contributed by atoms with Crippen LogP contribution in [0.4, 0.5) is 16.3 Å². The molecule has 0 bridgehead atoms. The number of amides is 5. The number of anilines is 2. The average molecular weight is 1110 g/mol. The third kappa shape index (κ3) is 16.5. The first-order valence-electron chi connectivity index (χ1n) is 27.8. The lowest BCUT2D eigenvalue weighted by Gasteiger charge is -2.37. The van der Waals surface area contributed by atoms with Crippen molar-refractivity contribution in [3.63, 3.8) is 0 Å². The number of likely N-dealkylation sites (tertiary alicyclic amines) is 1. The molecule has 3 aromatic carbocycles. The van der Waals surface area contributed by atoms with Crippen molar-refractivity contribution >= 4 is 46.6 Å². The van der Waals surface area contributed by atoms with Crippen LogP contribution in [-0.4, -0.2) is 117 Å². The lowest BCUT2D eigenvalue weighted by atomic mass is 9.85. The molecule has 80 heavy (non-hydrogen) atoms. The normalized spacial score (nSPS) is 17.5. The van der Waals surface area contributed by atoms with Gasteiger partial charge in [0.25, 0.3) is 0 Å². The van der Waals surface area contributed by atoms with Crippen molar-refractivity contribution in [3.05, 3.63) is 137 Å². The molecule has 18 nitrogen and oxygen atoms in total. The van der Waals surface area contributed by atoms with Gasteiger partial charge in [-0.2, -0.15) is 10.4 Å². The topological polar surface area (TPSA) is 229 Å². The van der Waals surface area contributed by atoms with Gasteiger partial charge in [-0.15, -0.1) is 11.3 Å². The molecular formula is C61H75N11O7S. The summed E-state index contributed by atoms with van der Waals surface area (Å²) in [5.74, 6) is -0.474. The van der Waals surface area contributed by atoms with E-state index in [1.54, 1.807) is 23.6 Å². The molecule has 422 valence electrons. The smallest absolute Gasteiger partial charge is 0.322 e. The Bertz CT molecular complexity index is 2980. The number of benzene rings is 3. The number of carbonyl (C=O) groups is 4. The zero-order valence-electron chi connectivity index (χ0n) is 46.3. The summed E-state index contributed by atoms with van der Waals surface area (Å²) in [7, 11) is 0. The molecule has 2 aliphatic rings. The summed E-state index contributed by atoms with van der Waals surface area (Å²) in [6.07, 6.45) is 11.3. The van der Waals surface area contributed by atoms with E-state index in [-0.39, 0.29) is 50.1 Å². The maximum absolute atomic E-state index is 14.0. The maximum atomic E-state index is 14.0. The molecule has 5 amide bonds.